The molecule has 0 aromatic carbocycles. The number of esters is 1. The van der Waals surface area contributed by atoms with Gasteiger partial charge in [0.05, 0.1) is 37.6 Å². The van der Waals surface area contributed by atoms with E-state index in [1.165, 1.54) is 6.08 Å². The lowest BCUT2D eigenvalue weighted by atomic mass is 9.89. The first-order valence-corrected chi connectivity index (χ1v) is 13.5. The Balaban J connectivity index is 1.66. The highest BCUT2D eigenvalue weighted by Crippen LogP contribution is 2.39. The minimum Gasteiger partial charge on any atom is -0.481 e. The average molecular weight is 535 g/mol. The first-order chi connectivity index (χ1) is 17.4. The maximum absolute atomic E-state index is 12.1. The van der Waals surface area contributed by atoms with Gasteiger partial charge in [-0.3, -0.25) is 4.79 Å². The van der Waals surface area contributed by atoms with Crippen LogP contribution in [0.25, 0.3) is 0 Å². The molecule has 2 heterocycles. The summed E-state index contributed by atoms with van der Waals surface area (Å²) in [7, 11) is 0. The van der Waals surface area contributed by atoms with Gasteiger partial charge in [0.25, 0.3) is 0 Å². The molecule has 0 aromatic heterocycles. The number of epoxide rings is 1. The quantitative estimate of drug-likeness (QED) is 0.0807. The summed E-state index contributed by atoms with van der Waals surface area (Å²) >= 11 is 0. The lowest BCUT2D eigenvalue weighted by Gasteiger charge is -2.43. The van der Waals surface area contributed by atoms with Crippen molar-refractivity contribution in [2.24, 2.45) is 5.92 Å². The van der Waals surface area contributed by atoms with Crippen molar-refractivity contribution in [3.05, 3.63) is 11.6 Å². The summed E-state index contributed by atoms with van der Waals surface area (Å²) < 4.78 is 16.5. The van der Waals surface area contributed by atoms with Crippen LogP contribution >= 0.6 is 0 Å². The molecule has 0 aliphatic carbocycles. The van der Waals surface area contributed by atoms with Crippen molar-refractivity contribution in [1.29, 1.82) is 0 Å². The molecule has 10 heteroatoms. The van der Waals surface area contributed by atoms with E-state index in [0.717, 1.165) is 32.1 Å². The van der Waals surface area contributed by atoms with Crippen LogP contribution in [0, 0.1) is 5.92 Å². The van der Waals surface area contributed by atoms with Gasteiger partial charge >= 0.3 is 11.9 Å². The van der Waals surface area contributed by atoms with Crippen molar-refractivity contribution in [3.63, 3.8) is 0 Å². The van der Waals surface area contributed by atoms with Gasteiger partial charge in [-0.15, -0.1) is 0 Å². The van der Waals surface area contributed by atoms with E-state index in [1.54, 1.807) is 13.8 Å². The van der Waals surface area contributed by atoms with Crippen molar-refractivity contribution in [2.75, 3.05) is 13.2 Å². The lowest BCUT2D eigenvalue weighted by molar-refractivity contribution is -0.236. The van der Waals surface area contributed by atoms with E-state index < -0.39 is 42.0 Å². The van der Waals surface area contributed by atoms with Crippen LogP contribution in [0.15, 0.2) is 11.6 Å². The molecule has 2 aliphatic rings. The number of carboxylic acid groups (broad SMARTS) is 1. The minimum atomic E-state index is -1.64. The van der Waals surface area contributed by atoms with Gasteiger partial charge in [-0.25, -0.2) is 4.79 Å². The molecule has 2 saturated heterocycles. The fourth-order valence-electron chi connectivity index (χ4n) is 4.67. The van der Waals surface area contributed by atoms with Crippen LogP contribution in [0.5, 0.6) is 0 Å². The Bertz CT molecular complexity index is 753. The van der Waals surface area contributed by atoms with Crippen LogP contribution in [0.2, 0.25) is 0 Å². The van der Waals surface area contributed by atoms with E-state index in [9.17, 15) is 30.0 Å². The molecular formula is C27H46O10. The van der Waals surface area contributed by atoms with Crippen molar-refractivity contribution in [2.45, 2.75) is 127 Å². The van der Waals surface area contributed by atoms with Crippen LogP contribution in [-0.2, 0) is 23.8 Å². The number of hydrogen-bond acceptors (Lipinski definition) is 9. The number of aliphatic hydroxyl groups excluding tert-OH is 3. The van der Waals surface area contributed by atoms with Gasteiger partial charge in [0.15, 0.2) is 0 Å². The minimum absolute atomic E-state index is 0.0513. The Morgan fingerprint density at radius 1 is 1.11 bits per heavy atom. The molecule has 0 bridgehead atoms. The molecule has 0 saturated carbocycles. The number of ether oxygens (including phenoxy) is 3. The molecule has 2 rings (SSSR count). The molecule has 0 amide bonds. The summed E-state index contributed by atoms with van der Waals surface area (Å²) in [4.78, 5) is 22.5. The Morgan fingerprint density at radius 2 is 1.76 bits per heavy atom. The zero-order chi connectivity index (χ0) is 27.6. The van der Waals surface area contributed by atoms with Crippen LogP contribution in [0.3, 0.4) is 0 Å². The smallest absolute Gasteiger partial charge is 0.330 e. The first kappa shape index (κ1) is 31.7. The molecule has 8 atom stereocenters. The van der Waals surface area contributed by atoms with Crippen molar-refractivity contribution < 1.29 is 49.3 Å². The maximum Gasteiger partial charge on any atom is 0.330 e. The molecule has 2 aliphatic heterocycles. The Kier molecular flexibility index (Phi) is 13.0. The molecule has 214 valence electrons. The molecule has 2 fully saturated rings. The number of carbonyl (C=O) groups excluding carboxylic acids is 1. The van der Waals surface area contributed by atoms with E-state index in [1.807, 2.05) is 6.92 Å². The number of carboxylic acids is 1. The molecule has 0 aromatic rings. The van der Waals surface area contributed by atoms with Gasteiger partial charge in [0.2, 0.25) is 0 Å². The molecule has 37 heavy (non-hydrogen) atoms. The van der Waals surface area contributed by atoms with Gasteiger partial charge < -0.3 is 39.7 Å². The van der Waals surface area contributed by atoms with E-state index >= 15 is 0 Å². The van der Waals surface area contributed by atoms with Crippen molar-refractivity contribution >= 4 is 11.9 Å². The van der Waals surface area contributed by atoms with Gasteiger partial charge in [0.1, 0.15) is 17.8 Å². The fraction of sp³-hybridized carbons (Fsp3) is 0.852. The van der Waals surface area contributed by atoms with E-state index in [2.05, 4.69) is 0 Å². The topological polar surface area (TPSA) is 166 Å². The third-order valence-electron chi connectivity index (χ3n) is 7.39. The van der Waals surface area contributed by atoms with Crippen LogP contribution in [0.1, 0.15) is 85.0 Å². The van der Waals surface area contributed by atoms with Crippen molar-refractivity contribution in [1.82, 2.24) is 0 Å². The maximum atomic E-state index is 12.1. The third-order valence-corrected chi connectivity index (χ3v) is 7.39. The van der Waals surface area contributed by atoms with Gasteiger partial charge in [-0.05, 0) is 45.4 Å². The van der Waals surface area contributed by atoms with Gasteiger partial charge in [-0.2, -0.15) is 0 Å². The number of carbonyl (C=O) groups is 2. The molecule has 0 unspecified atom stereocenters. The second kappa shape index (κ2) is 15.1. The highest BCUT2D eigenvalue weighted by atomic mass is 16.7. The monoisotopic (exact) mass is 534 g/mol. The summed E-state index contributed by atoms with van der Waals surface area (Å²) in [6.45, 7) is 5.49. The lowest BCUT2D eigenvalue weighted by Crippen LogP contribution is -2.61. The van der Waals surface area contributed by atoms with E-state index in [-0.39, 0.29) is 44.0 Å². The average Bonchev–Trinajstić information content (AvgIpc) is 3.54. The molecule has 0 radical (unpaired) electrons. The zero-order valence-corrected chi connectivity index (χ0v) is 22.4. The summed E-state index contributed by atoms with van der Waals surface area (Å²) in [6.07, 6.45) is 3.30. The number of hydrogen-bond donors (Lipinski definition) is 5. The SMILES string of the molecule is C/C(=C\C(=O)OCCCCCCCCC(=O)O)C[C@@H]1O[14CH2][C@](O)(C[C@@H]2O[C@H]2C[C@@H]([14CH3])[C@H](C)O)[C@@H](O)[C@H]1O. The predicted molar refractivity (Wildman–Crippen MR) is 135 cm³/mol. The summed E-state index contributed by atoms with van der Waals surface area (Å²) in [5.41, 5.74) is -1.02. The number of unbranched alkanes of at least 4 members (excludes halogenated alkanes) is 5. The van der Waals surface area contributed by atoms with E-state index in [4.69, 9.17) is 19.3 Å². The fourth-order valence-corrected chi connectivity index (χ4v) is 4.67. The zero-order valence-electron chi connectivity index (χ0n) is 22.4. The predicted octanol–water partition coefficient (Wildman–Crippen LogP) is 2.10. The molecular weight excluding hydrogens is 488 g/mol. The van der Waals surface area contributed by atoms with Gasteiger partial charge in [0, 0.05) is 18.9 Å². The second-order valence-corrected chi connectivity index (χ2v) is 10.9. The van der Waals surface area contributed by atoms with Gasteiger partial charge in [-0.1, -0.05) is 38.2 Å². The van der Waals surface area contributed by atoms with Crippen LogP contribution in [0.4, 0.5) is 0 Å². The molecule has 10 nitrogen and oxygen atoms in total. The largest absolute Gasteiger partial charge is 0.481 e. The normalized spacial score (nSPS) is 31.5. The Morgan fingerprint density at radius 3 is 2.41 bits per heavy atom. The number of aliphatic carboxylic acids is 1. The van der Waals surface area contributed by atoms with Crippen LogP contribution < -0.4 is 0 Å². The second-order valence-electron chi connectivity index (χ2n) is 10.9. The molecule has 5 N–H and O–H groups in total. The number of rotatable bonds is 17. The highest BCUT2D eigenvalue weighted by Gasteiger charge is 2.53. The standard InChI is InChI=1S/C27H46O10/c1-17(13-24(31)35-11-9-7-5-4-6-8-10-23(29)30)12-21-25(32)26(33)27(34,16-36-21)15-22-20(37-22)14-18(2)19(3)28/h13,18-22,25-26,28,32-34H,4-12,14-16H2,1-3H3,(H,29,30)/b17-13+/t18-,19+,20+,21+,22+,25+,26+,27-/m1/s1/i2+2,16+2. The van der Waals surface area contributed by atoms with E-state index in [0.29, 0.717) is 25.0 Å². The Hall–Kier alpha value is -1.56. The summed E-state index contributed by atoms with van der Waals surface area (Å²) in [5, 5.41) is 50.4. The number of aliphatic hydroxyl groups is 4. The van der Waals surface area contributed by atoms with Crippen molar-refractivity contribution in [3.8, 4) is 0 Å². The summed E-state index contributed by atoms with van der Waals surface area (Å²) in [6, 6.07) is 0. The highest BCUT2D eigenvalue weighted by molar-refractivity contribution is 5.82. The molecule has 0 spiro atoms. The Labute approximate surface area is 219 Å². The first-order valence-electron chi connectivity index (χ1n) is 13.5. The van der Waals surface area contributed by atoms with Crippen LogP contribution in [-0.4, -0.2) is 92.9 Å². The summed E-state index contributed by atoms with van der Waals surface area (Å²) in [5.74, 6) is -1.20. The third kappa shape index (κ3) is 11.0.